The van der Waals surface area contributed by atoms with Crippen LogP contribution in [0.3, 0.4) is 0 Å². The first-order valence-electron chi connectivity index (χ1n) is 8.92. The zero-order chi connectivity index (χ0) is 18.0. The Kier molecular flexibility index (Phi) is 5.46. The highest BCUT2D eigenvalue weighted by Gasteiger charge is 2.31. The second-order valence-electron chi connectivity index (χ2n) is 6.89. The van der Waals surface area contributed by atoms with Gasteiger partial charge in [0.25, 0.3) is 5.91 Å². The molecule has 1 aromatic carbocycles. The Balaban J connectivity index is 1.87. The van der Waals surface area contributed by atoms with Crippen molar-refractivity contribution < 1.29 is 17.9 Å². The van der Waals surface area contributed by atoms with Gasteiger partial charge in [0, 0.05) is 30.7 Å². The number of carbonyl (C=O) groups excluding carboxylic acids is 1. The Morgan fingerprint density at radius 3 is 2.40 bits per heavy atom. The van der Waals surface area contributed by atoms with E-state index in [0.717, 1.165) is 19.3 Å². The van der Waals surface area contributed by atoms with Gasteiger partial charge in [-0.3, -0.25) is 4.79 Å². The largest absolute Gasteiger partial charge is 0.379 e. The van der Waals surface area contributed by atoms with Gasteiger partial charge in [0.2, 0.25) is 10.0 Å². The van der Waals surface area contributed by atoms with Crippen LogP contribution in [0.4, 0.5) is 0 Å². The molecule has 0 saturated carbocycles. The predicted octanol–water partition coefficient (Wildman–Crippen LogP) is 2.11. The van der Waals surface area contributed by atoms with E-state index in [-0.39, 0.29) is 22.9 Å². The molecule has 7 heteroatoms. The maximum absolute atomic E-state index is 13.0. The average molecular weight is 366 g/mol. The molecule has 1 amide bonds. The third-order valence-electron chi connectivity index (χ3n) is 5.12. The van der Waals surface area contributed by atoms with Gasteiger partial charge in [-0.25, -0.2) is 8.42 Å². The number of amides is 1. The summed E-state index contributed by atoms with van der Waals surface area (Å²) < 4.78 is 32.3. The van der Waals surface area contributed by atoms with E-state index < -0.39 is 10.0 Å². The van der Waals surface area contributed by atoms with Crippen LogP contribution in [0.15, 0.2) is 29.2 Å². The molecule has 2 aliphatic heterocycles. The van der Waals surface area contributed by atoms with E-state index in [1.54, 1.807) is 18.2 Å². The minimum atomic E-state index is -3.59. The summed E-state index contributed by atoms with van der Waals surface area (Å²) in [4.78, 5) is 15.0. The van der Waals surface area contributed by atoms with Crippen molar-refractivity contribution >= 4 is 15.9 Å². The van der Waals surface area contributed by atoms with Gasteiger partial charge in [-0.05, 0) is 51.3 Å². The summed E-state index contributed by atoms with van der Waals surface area (Å²) in [6.07, 6.45) is 3.10. The van der Waals surface area contributed by atoms with Crippen molar-refractivity contribution in [2.75, 3.05) is 26.3 Å². The van der Waals surface area contributed by atoms with Gasteiger partial charge in [0.15, 0.2) is 0 Å². The monoisotopic (exact) mass is 366 g/mol. The summed E-state index contributed by atoms with van der Waals surface area (Å²) in [5, 5.41) is 0. The van der Waals surface area contributed by atoms with Crippen molar-refractivity contribution in [3.05, 3.63) is 29.8 Å². The molecule has 2 aliphatic rings. The van der Waals surface area contributed by atoms with Crippen molar-refractivity contribution in [3.8, 4) is 0 Å². The molecular weight excluding hydrogens is 340 g/mol. The van der Waals surface area contributed by atoms with Gasteiger partial charge in [0.05, 0.1) is 18.1 Å². The molecular formula is C18H26N2O4S. The van der Waals surface area contributed by atoms with Gasteiger partial charge in [-0.15, -0.1) is 0 Å². The van der Waals surface area contributed by atoms with E-state index in [1.807, 2.05) is 4.90 Å². The van der Waals surface area contributed by atoms with Crippen molar-refractivity contribution in [2.45, 2.75) is 50.1 Å². The second kappa shape index (κ2) is 7.43. The molecule has 1 aromatic rings. The molecule has 2 fully saturated rings. The average Bonchev–Trinajstić information content (AvgIpc) is 2.62. The van der Waals surface area contributed by atoms with Crippen LogP contribution >= 0.6 is 0 Å². The highest BCUT2D eigenvalue weighted by atomic mass is 32.2. The van der Waals surface area contributed by atoms with Crippen LogP contribution in [0.25, 0.3) is 0 Å². The number of hydrogen-bond donors (Lipinski definition) is 0. The van der Waals surface area contributed by atoms with Crippen molar-refractivity contribution in [1.82, 2.24) is 9.21 Å². The lowest BCUT2D eigenvalue weighted by molar-refractivity contribution is 0.0510. The van der Waals surface area contributed by atoms with Crippen LogP contribution in [0.2, 0.25) is 0 Å². The molecule has 2 saturated heterocycles. The normalized spacial score (nSPS) is 25.8. The number of sulfonamides is 1. The number of piperidine rings is 1. The molecule has 2 unspecified atom stereocenters. The summed E-state index contributed by atoms with van der Waals surface area (Å²) in [5.41, 5.74) is 0.440. The number of nitrogens with zero attached hydrogens (tertiary/aromatic N) is 2. The zero-order valence-electron chi connectivity index (χ0n) is 14.8. The third-order valence-corrected chi connectivity index (χ3v) is 7.01. The minimum Gasteiger partial charge on any atom is -0.379 e. The van der Waals surface area contributed by atoms with E-state index in [0.29, 0.717) is 31.9 Å². The van der Waals surface area contributed by atoms with Gasteiger partial charge in [0.1, 0.15) is 0 Å². The Bertz CT molecular complexity index is 718. The molecule has 2 atom stereocenters. The molecule has 0 N–H and O–H groups in total. The number of morpholine rings is 1. The topological polar surface area (TPSA) is 66.9 Å². The molecule has 6 nitrogen and oxygen atoms in total. The van der Waals surface area contributed by atoms with Crippen LogP contribution < -0.4 is 0 Å². The molecule has 138 valence electrons. The van der Waals surface area contributed by atoms with Gasteiger partial charge >= 0.3 is 0 Å². The molecule has 0 bridgehead atoms. The first-order chi connectivity index (χ1) is 11.9. The van der Waals surface area contributed by atoms with E-state index in [4.69, 9.17) is 4.74 Å². The molecule has 25 heavy (non-hydrogen) atoms. The van der Waals surface area contributed by atoms with Crippen LogP contribution in [-0.4, -0.2) is 61.9 Å². The summed E-state index contributed by atoms with van der Waals surface area (Å²) >= 11 is 0. The van der Waals surface area contributed by atoms with Gasteiger partial charge in [-0.1, -0.05) is 6.07 Å². The highest BCUT2D eigenvalue weighted by molar-refractivity contribution is 7.89. The summed E-state index contributed by atoms with van der Waals surface area (Å²) in [6.45, 7) is 5.62. The Labute approximate surface area is 149 Å². The third kappa shape index (κ3) is 3.73. The molecule has 0 radical (unpaired) electrons. The fourth-order valence-electron chi connectivity index (χ4n) is 3.70. The van der Waals surface area contributed by atoms with Crippen LogP contribution in [-0.2, 0) is 14.8 Å². The lowest BCUT2D eigenvalue weighted by Crippen LogP contribution is -2.47. The number of carbonyl (C=O) groups is 1. The first kappa shape index (κ1) is 18.4. The lowest BCUT2D eigenvalue weighted by Gasteiger charge is -2.39. The molecule has 0 spiro atoms. The smallest absolute Gasteiger partial charge is 0.254 e. The van der Waals surface area contributed by atoms with Crippen LogP contribution in [0.5, 0.6) is 0 Å². The Morgan fingerprint density at radius 1 is 1.12 bits per heavy atom. The standard InChI is InChI=1S/C18H26N2O4S/c1-14-5-3-6-15(2)20(14)18(21)16-7-4-8-17(13-16)25(22,23)19-9-11-24-12-10-19/h4,7-8,13-15H,3,5-6,9-12H2,1-2H3. The van der Waals surface area contributed by atoms with Crippen LogP contribution in [0, 0.1) is 0 Å². The summed E-state index contributed by atoms with van der Waals surface area (Å²) in [5.74, 6) is -0.0845. The minimum absolute atomic E-state index is 0.0845. The lowest BCUT2D eigenvalue weighted by atomic mass is 9.96. The number of likely N-dealkylation sites (tertiary alicyclic amines) is 1. The second-order valence-corrected chi connectivity index (χ2v) is 8.82. The van der Waals surface area contributed by atoms with Crippen molar-refractivity contribution in [1.29, 1.82) is 0 Å². The van der Waals surface area contributed by atoms with E-state index in [2.05, 4.69) is 13.8 Å². The number of hydrogen-bond acceptors (Lipinski definition) is 4. The van der Waals surface area contributed by atoms with E-state index in [9.17, 15) is 13.2 Å². The fraction of sp³-hybridized carbons (Fsp3) is 0.611. The summed E-state index contributed by atoms with van der Waals surface area (Å²) in [7, 11) is -3.59. The zero-order valence-corrected chi connectivity index (χ0v) is 15.7. The van der Waals surface area contributed by atoms with E-state index in [1.165, 1.54) is 10.4 Å². The number of rotatable bonds is 3. The highest BCUT2D eigenvalue weighted by Crippen LogP contribution is 2.26. The molecule has 2 heterocycles. The quantitative estimate of drug-likeness (QED) is 0.822. The Hall–Kier alpha value is -1.44. The van der Waals surface area contributed by atoms with Gasteiger partial charge in [-0.2, -0.15) is 4.31 Å². The maximum atomic E-state index is 13.0. The van der Waals surface area contributed by atoms with Crippen LogP contribution in [0.1, 0.15) is 43.5 Å². The Morgan fingerprint density at radius 2 is 1.76 bits per heavy atom. The SMILES string of the molecule is CC1CCCC(C)N1C(=O)c1cccc(S(=O)(=O)N2CCOCC2)c1. The number of ether oxygens (including phenoxy) is 1. The van der Waals surface area contributed by atoms with Gasteiger partial charge < -0.3 is 9.64 Å². The molecule has 0 aromatic heterocycles. The number of benzene rings is 1. The van der Waals surface area contributed by atoms with Crippen molar-refractivity contribution in [3.63, 3.8) is 0 Å². The predicted molar refractivity (Wildman–Crippen MR) is 95.0 cm³/mol. The van der Waals surface area contributed by atoms with E-state index >= 15 is 0 Å². The molecule has 0 aliphatic carbocycles. The fourth-order valence-corrected chi connectivity index (χ4v) is 5.15. The maximum Gasteiger partial charge on any atom is 0.254 e. The summed E-state index contributed by atoms with van der Waals surface area (Å²) in [6, 6.07) is 6.78. The first-order valence-corrected chi connectivity index (χ1v) is 10.4. The molecule has 3 rings (SSSR count). The van der Waals surface area contributed by atoms with Crippen molar-refractivity contribution in [2.24, 2.45) is 0 Å².